The van der Waals surface area contributed by atoms with Crippen LogP contribution < -0.4 is 0 Å². The first-order valence-corrected chi connectivity index (χ1v) is 4.05. The predicted molar refractivity (Wildman–Crippen MR) is 47.0 cm³/mol. The minimum absolute atomic E-state index is 0.244. The topological polar surface area (TPSA) is 68.3 Å². The first-order chi connectivity index (χ1) is 6.77. The maximum Gasteiger partial charge on any atom is 0.352 e. The molecule has 5 nitrogen and oxygen atoms in total. The van der Waals surface area contributed by atoms with Crippen LogP contribution in [-0.4, -0.2) is 20.8 Å². The van der Waals surface area contributed by atoms with E-state index >= 15 is 0 Å². The zero-order chi connectivity index (χ0) is 9.97. The quantitative estimate of drug-likeness (QED) is 0.793. The molecule has 0 aromatic carbocycles. The normalized spacial score (nSPS) is 10.3. The zero-order valence-electron chi connectivity index (χ0n) is 7.25. The number of carboxylic acid groups (broad SMARTS) is 1. The fraction of sp³-hybridized carbons (Fsp3) is 0.111. The van der Waals surface area contributed by atoms with Crippen molar-refractivity contribution in [2.24, 2.45) is 0 Å². The van der Waals surface area contributed by atoms with E-state index in [2.05, 4.69) is 9.68 Å². The Morgan fingerprint density at radius 3 is 3.07 bits per heavy atom. The Balaban J connectivity index is 2.25. The highest BCUT2D eigenvalue weighted by molar-refractivity contribution is 5.85. The van der Waals surface area contributed by atoms with Crippen LogP contribution in [-0.2, 0) is 6.54 Å². The fourth-order valence-electron chi connectivity index (χ4n) is 1.24. The van der Waals surface area contributed by atoms with Crippen molar-refractivity contribution in [3.63, 3.8) is 0 Å². The summed E-state index contributed by atoms with van der Waals surface area (Å²) in [6.07, 6.45) is 3.15. The van der Waals surface area contributed by atoms with Crippen LogP contribution in [0.3, 0.4) is 0 Å². The first kappa shape index (κ1) is 8.55. The molecule has 0 aliphatic rings. The number of nitrogens with zero attached hydrogens (tertiary/aromatic N) is 2. The van der Waals surface area contributed by atoms with Crippen molar-refractivity contribution >= 4 is 5.97 Å². The lowest BCUT2D eigenvalue weighted by Crippen LogP contribution is -2.08. The fourth-order valence-corrected chi connectivity index (χ4v) is 1.24. The van der Waals surface area contributed by atoms with Crippen LogP contribution in [0.4, 0.5) is 0 Å². The Kier molecular flexibility index (Phi) is 2.06. The van der Waals surface area contributed by atoms with E-state index in [1.165, 1.54) is 6.26 Å². The highest BCUT2D eigenvalue weighted by Crippen LogP contribution is 2.06. The van der Waals surface area contributed by atoms with Crippen molar-refractivity contribution < 1.29 is 14.4 Å². The molecule has 2 aromatic rings. The van der Waals surface area contributed by atoms with Crippen LogP contribution in [0.1, 0.15) is 16.2 Å². The molecule has 0 atom stereocenters. The van der Waals surface area contributed by atoms with Gasteiger partial charge >= 0.3 is 5.97 Å². The second kappa shape index (κ2) is 3.37. The number of rotatable bonds is 3. The van der Waals surface area contributed by atoms with Gasteiger partial charge in [0.1, 0.15) is 17.7 Å². The molecule has 2 rings (SSSR count). The summed E-state index contributed by atoms with van der Waals surface area (Å²) < 4.78 is 6.25. The summed E-state index contributed by atoms with van der Waals surface area (Å²) in [5, 5.41) is 12.5. The number of carboxylic acids is 1. The summed E-state index contributed by atoms with van der Waals surface area (Å²) in [6.45, 7) is 0.408. The molecule has 0 spiro atoms. The van der Waals surface area contributed by atoms with Gasteiger partial charge in [0.2, 0.25) is 0 Å². The predicted octanol–water partition coefficient (Wildman–Crippen LogP) is 1.22. The van der Waals surface area contributed by atoms with Crippen LogP contribution in [0.25, 0.3) is 0 Å². The lowest BCUT2D eigenvalue weighted by Gasteiger charge is -2.02. The van der Waals surface area contributed by atoms with E-state index in [-0.39, 0.29) is 5.69 Å². The van der Waals surface area contributed by atoms with Gasteiger partial charge in [0, 0.05) is 12.3 Å². The number of carbonyl (C=O) groups is 1. The van der Waals surface area contributed by atoms with E-state index in [1.54, 1.807) is 29.0 Å². The average Bonchev–Trinajstić information content (AvgIpc) is 2.75. The molecule has 2 heterocycles. The summed E-state index contributed by atoms with van der Waals surface area (Å²) in [4.78, 5) is 10.7. The number of hydrogen-bond acceptors (Lipinski definition) is 3. The van der Waals surface area contributed by atoms with E-state index in [1.807, 2.05) is 0 Å². The monoisotopic (exact) mass is 192 g/mol. The van der Waals surface area contributed by atoms with Crippen molar-refractivity contribution in [1.82, 2.24) is 9.72 Å². The van der Waals surface area contributed by atoms with E-state index in [4.69, 9.17) is 5.11 Å². The molecule has 0 radical (unpaired) electrons. The molecule has 0 fully saturated rings. The van der Waals surface area contributed by atoms with Crippen LogP contribution in [0.5, 0.6) is 0 Å². The van der Waals surface area contributed by atoms with Crippen molar-refractivity contribution in [1.29, 1.82) is 0 Å². The highest BCUT2D eigenvalue weighted by atomic mass is 16.5. The Morgan fingerprint density at radius 1 is 1.57 bits per heavy atom. The molecule has 0 unspecified atom stereocenters. The molecule has 2 aromatic heterocycles. The minimum Gasteiger partial charge on any atom is -0.477 e. The third-order valence-corrected chi connectivity index (χ3v) is 1.87. The smallest absolute Gasteiger partial charge is 0.352 e. The summed E-state index contributed by atoms with van der Waals surface area (Å²) in [5.74, 6) is -0.946. The molecular weight excluding hydrogens is 184 g/mol. The molecule has 0 saturated carbocycles. The van der Waals surface area contributed by atoms with Gasteiger partial charge in [-0.3, -0.25) is 0 Å². The summed E-state index contributed by atoms with van der Waals surface area (Å²) >= 11 is 0. The number of aromatic nitrogens is 2. The molecule has 0 bridgehead atoms. The summed E-state index contributed by atoms with van der Waals surface area (Å²) in [7, 11) is 0. The highest BCUT2D eigenvalue weighted by Gasteiger charge is 2.09. The van der Waals surface area contributed by atoms with Crippen molar-refractivity contribution in [2.75, 3.05) is 0 Å². The zero-order valence-corrected chi connectivity index (χ0v) is 7.25. The molecule has 14 heavy (non-hydrogen) atoms. The average molecular weight is 192 g/mol. The molecule has 5 heteroatoms. The van der Waals surface area contributed by atoms with E-state index in [0.717, 1.165) is 0 Å². The van der Waals surface area contributed by atoms with Gasteiger partial charge < -0.3 is 14.2 Å². The standard InChI is InChI=1S/C9H8N2O3/c12-9(13)8-2-1-4-11(8)6-7-3-5-14-10-7/h1-5H,6H2,(H,12,13). The summed E-state index contributed by atoms with van der Waals surface area (Å²) in [5.41, 5.74) is 0.941. The third kappa shape index (κ3) is 1.52. The van der Waals surface area contributed by atoms with Gasteiger partial charge in [0.25, 0.3) is 0 Å². The van der Waals surface area contributed by atoms with Gasteiger partial charge in [0.05, 0.1) is 6.54 Å². The Labute approximate surface area is 79.6 Å². The van der Waals surface area contributed by atoms with Crippen LogP contribution in [0.15, 0.2) is 35.2 Å². The lowest BCUT2D eigenvalue weighted by molar-refractivity contribution is 0.0685. The van der Waals surface area contributed by atoms with Crippen LogP contribution in [0.2, 0.25) is 0 Å². The van der Waals surface area contributed by atoms with Gasteiger partial charge in [-0.25, -0.2) is 4.79 Å². The molecular formula is C9H8N2O3. The molecule has 0 aliphatic heterocycles. The Hall–Kier alpha value is -2.04. The third-order valence-electron chi connectivity index (χ3n) is 1.87. The Bertz CT molecular complexity index is 431. The second-order valence-corrected chi connectivity index (χ2v) is 2.82. The molecule has 0 amide bonds. The lowest BCUT2D eigenvalue weighted by atomic mass is 10.4. The first-order valence-electron chi connectivity index (χ1n) is 4.05. The van der Waals surface area contributed by atoms with Crippen molar-refractivity contribution in [2.45, 2.75) is 6.54 Å². The number of hydrogen-bond donors (Lipinski definition) is 1. The SMILES string of the molecule is O=C(O)c1cccn1Cc1ccon1. The van der Waals surface area contributed by atoms with Crippen LogP contribution >= 0.6 is 0 Å². The molecule has 1 N–H and O–H groups in total. The van der Waals surface area contributed by atoms with E-state index < -0.39 is 5.97 Å². The Morgan fingerprint density at radius 2 is 2.43 bits per heavy atom. The van der Waals surface area contributed by atoms with Gasteiger partial charge in [-0.1, -0.05) is 5.16 Å². The summed E-state index contributed by atoms with van der Waals surface area (Å²) in [6, 6.07) is 4.93. The van der Waals surface area contributed by atoms with Gasteiger partial charge in [-0.05, 0) is 12.1 Å². The molecule has 72 valence electrons. The van der Waals surface area contributed by atoms with Crippen LogP contribution in [0, 0.1) is 0 Å². The minimum atomic E-state index is -0.946. The van der Waals surface area contributed by atoms with Crippen molar-refractivity contribution in [3.8, 4) is 0 Å². The maximum absolute atomic E-state index is 10.7. The van der Waals surface area contributed by atoms with E-state index in [0.29, 0.717) is 12.2 Å². The number of aromatic carboxylic acids is 1. The largest absolute Gasteiger partial charge is 0.477 e. The second-order valence-electron chi connectivity index (χ2n) is 2.82. The van der Waals surface area contributed by atoms with E-state index in [9.17, 15) is 4.79 Å². The van der Waals surface area contributed by atoms with Gasteiger partial charge in [-0.2, -0.15) is 0 Å². The molecule has 0 aliphatic carbocycles. The maximum atomic E-state index is 10.7. The van der Waals surface area contributed by atoms with Gasteiger partial charge in [0.15, 0.2) is 0 Å². The molecule has 0 saturated heterocycles. The van der Waals surface area contributed by atoms with Crippen molar-refractivity contribution in [3.05, 3.63) is 42.0 Å². The van der Waals surface area contributed by atoms with Gasteiger partial charge in [-0.15, -0.1) is 0 Å².